The summed E-state index contributed by atoms with van der Waals surface area (Å²) < 4.78 is 5.17. The van der Waals surface area contributed by atoms with Gasteiger partial charge in [-0.05, 0) is 6.42 Å². The molecule has 1 atom stereocenters. The fourth-order valence-electron chi connectivity index (χ4n) is 1.12. The Hall–Kier alpha value is -0.610. The summed E-state index contributed by atoms with van der Waals surface area (Å²) in [5, 5.41) is 0. The zero-order chi connectivity index (χ0) is 7.40. The second-order valence-electron chi connectivity index (χ2n) is 2.31. The highest BCUT2D eigenvalue weighted by Gasteiger charge is 2.19. The molecule has 1 rings (SSSR count). The molecule has 0 aliphatic carbocycles. The van der Waals surface area contributed by atoms with Gasteiger partial charge in [0.15, 0.2) is 0 Å². The molecule has 3 N–H and O–H groups in total. The Bertz CT molecular complexity index is 129. The fraction of sp³-hybridized carbons (Fsp3) is 0.833. The second-order valence-corrected chi connectivity index (χ2v) is 2.31. The minimum atomic E-state index is 0.384. The summed E-state index contributed by atoms with van der Waals surface area (Å²) >= 11 is 0. The van der Waals surface area contributed by atoms with Gasteiger partial charge in [0.1, 0.15) is 5.84 Å². The number of hydrogen-bond donors (Lipinski definition) is 2. The molecule has 0 saturated carbocycles. The molecule has 0 aromatic carbocycles. The number of hydrazine groups is 1. The third kappa shape index (κ3) is 1.46. The molecule has 0 aromatic heterocycles. The van der Waals surface area contributed by atoms with E-state index in [2.05, 4.69) is 10.4 Å². The number of ether oxygens (including phenoxy) is 1. The van der Waals surface area contributed by atoms with Crippen molar-refractivity contribution in [2.24, 2.45) is 16.8 Å². The van der Waals surface area contributed by atoms with Crippen LogP contribution in [0.3, 0.4) is 0 Å². The number of nitrogens with zero attached hydrogens (tertiary/aromatic N) is 1. The van der Waals surface area contributed by atoms with Gasteiger partial charge in [-0.3, -0.25) is 4.99 Å². The van der Waals surface area contributed by atoms with Gasteiger partial charge < -0.3 is 10.2 Å². The predicted octanol–water partition coefficient (Wildman–Crippen LogP) is -0.486. The molecule has 0 aromatic rings. The van der Waals surface area contributed by atoms with Gasteiger partial charge in [0.25, 0.3) is 0 Å². The normalized spacial score (nSPS) is 27.0. The summed E-state index contributed by atoms with van der Waals surface area (Å²) in [6, 6.07) is 0. The van der Waals surface area contributed by atoms with Crippen molar-refractivity contribution in [1.82, 2.24) is 5.43 Å². The van der Waals surface area contributed by atoms with Gasteiger partial charge in [-0.25, -0.2) is 5.84 Å². The lowest BCUT2D eigenvalue weighted by Gasteiger charge is -2.08. The van der Waals surface area contributed by atoms with Crippen molar-refractivity contribution in [3.05, 3.63) is 0 Å². The molecule has 1 heterocycles. The van der Waals surface area contributed by atoms with Crippen LogP contribution in [-0.4, -0.2) is 26.1 Å². The second kappa shape index (κ2) is 3.53. The molecule has 1 unspecified atom stereocenters. The molecule has 0 bridgehead atoms. The van der Waals surface area contributed by atoms with Crippen LogP contribution in [0, 0.1) is 5.92 Å². The van der Waals surface area contributed by atoms with Gasteiger partial charge >= 0.3 is 0 Å². The zero-order valence-corrected chi connectivity index (χ0v) is 6.13. The van der Waals surface area contributed by atoms with Crippen molar-refractivity contribution in [2.75, 3.05) is 20.3 Å². The SMILES string of the molecule is CN=C(NN)C1CCOC1. The molecule has 0 spiro atoms. The van der Waals surface area contributed by atoms with E-state index < -0.39 is 0 Å². The van der Waals surface area contributed by atoms with Crippen molar-refractivity contribution in [1.29, 1.82) is 0 Å². The maximum Gasteiger partial charge on any atom is 0.115 e. The highest BCUT2D eigenvalue weighted by atomic mass is 16.5. The molecule has 1 fully saturated rings. The zero-order valence-electron chi connectivity index (χ0n) is 6.13. The first-order chi connectivity index (χ1) is 4.88. The van der Waals surface area contributed by atoms with Crippen LogP contribution in [0.25, 0.3) is 0 Å². The van der Waals surface area contributed by atoms with Crippen molar-refractivity contribution < 1.29 is 4.74 Å². The molecule has 1 saturated heterocycles. The van der Waals surface area contributed by atoms with Crippen LogP contribution in [0.5, 0.6) is 0 Å². The van der Waals surface area contributed by atoms with Gasteiger partial charge in [0.2, 0.25) is 0 Å². The first kappa shape index (κ1) is 7.50. The first-order valence-electron chi connectivity index (χ1n) is 3.39. The molecular formula is C6H13N3O. The van der Waals surface area contributed by atoms with Crippen molar-refractivity contribution in [3.63, 3.8) is 0 Å². The van der Waals surface area contributed by atoms with Crippen LogP contribution >= 0.6 is 0 Å². The summed E-state index contributed by atoms with van der Waals surface area (Å²) in [5.41, 5.74) is 2.56. The van der Waals surface area contributed by atoms with Crippen LogP contribution in [-0.2, 0) is 4.74 Å². The summed E-state index contributed by atoms with van der Waals surface area (Å²) in [6.07, 6.45) is 1.02. The highest BCUT2D eigenvalue weighted by molar-refractivity contribution is 5.84. The minimum Gasteiger partial charge on any atom is -0.381 e. The van der Waals surface area contributed by atoms with E-state index in [0.717, 1.165) is 25.5 Å². The number of rotatable bonds is 1. The molecule has 4 nitrogen and oxygen atoms in total. The molecule has 58 valence electrons. The number of amidine groups is 1. The third-order valence-electron chi connectivity index (χ3n) is 1.71. The molecule has 10 heavy (non-hydrogen) atoms. The Kier molecular flexibility index (Phi) is 2.65. The Morgan fingerprint density at radius 3 is 3.00 bits per heavy atom. The predicted molar refractivity (Wildman–Crippen MR) is 39.6 cm³/mol. The monoisotopic (exact) mass is 143 g/mol. The molecule has 0 radical (unpaired) electrons. The smallest absolute Gasteiger partial charge is 0.115 e. The lowest BCUT2D eigenvalue weighted by Crippen LogP contribution is -2.36. The van der Waals surface area contributed by atoms with E-state index in [-0.39, 0.29) is 0 Å². The average Bonchev–Trinajstić information content (AvgIpc) is 2.43. The maximum atomic E-state index is 5.23. The Morgan fingerprint density at radius 1 is 1.80 bits per heavy atom. The molecular weight excluding hydrogens is 130 g/mol. The van der Waals surface area contributed by atoms with Crippen molar-refractivity contribution >= 4 is 5.84 Å². The van der Waals surface area contributed by atoms with E-state index in [4.69, 9.17) is 10.6 Å². The number of nitrogens with two attached hydrogens (primary N) is 1. The number of nitrogens with one attached hydrogen (secondary N) is 1. The van der Waals surface area contributed by atoms with E-state index in [1.54, 1.807) is 7.05 Å². The lowest BCUT2D eigenvalue weighted by atomic mass is 10.1. The summed E-state index contributed by atoms with van der Waals surface area (Å²) in [5.74, 6) is 6.46. The van der Waals surface area contributed by atoms with Gasteiger partial charge in [0, 0.05) is 19.6 Å². The van der Waals surface area contributed by atoms with Gasteiger partial charge in [-0.2, -0.15) is 0 Å². The van der Waals surface area contributed by atoms with Crippen molar-refractivity contribution in [3.8, 4) is 0 Å². The van der Waals surface area contributed by atoms with Crippen LogP contribution in [0.1, 0.15) is 6.42 Å². The van der Waals surface area contributed by atoms with Crippen LogP contribution in [0.2, 0.25) is 0 Å². The minimum absolute atomic E-state index is 0.384. The molecule has 1 aliphatic heterocycles. The topological polar surface area (TPSA) is 59.6 Å². The fourth-order valence-corrected chi connectivity index (χ4v) is 1.12. The van der Waals surface area contributed by atoms with Crippen LogP contribution < -0.4 is 11.3 Å². The third-order valence-corrected chi connectivity index (χ3v) is 1.71. The van der Waals surface area contributed by atoms with E-state index in [9.17, 15) is 0 Å². The van der Waals surface area contributed by atoms with Gasteiger partial charge in [-0.1, -0.05) is 0 Å². The summed E-state index contributed by atoms with van der Waals surface area (Å²) in [4.78, 5) is 3.99. The Morgan fingerprint density at radius 2 is 2.60 bits per heavy atom. The van der Waals surface area contributed by atoms with Gasteiger partial charge in [0.05, 0.1) is 6.61 Å². The number of aliphatic imine (C=N–C) groups is 1. The van der Waals surface area contributed by atoms with E-state index in [1.165, 1.54) is 0 Å². The summed E-state index contributed by atoms with van der Waals surface area (Å²) in [7, 11) is 1.73. The highest BCUT2D eigenvalue weighted by Crippen LogP contribution is 2.12. The quantitative estimate of drug-likeness (QED) is 0.225. The largest absolute Gasteiger partial charge is 0.381 e. The Balaban J connectivity index is 2.45. The van der Waals surface area contributed by atoms with Gasteiger partial charge in [-0.15, -0.1) is 0 Å². The van der Waals surface area contributed by atoms with E-state index in [1.807, 2.05) is 0 Å². The summed E-state index contributed by atoms with van der Waals surface area (Å²) in [6.45, 7) is 1.57. The van der Waals surface area contributed by atoms with E-state index in [0.29, 0.717) is 5.92 Å². The molecule has 0 amide bonds. The molecule has 1 aliphatic rings. The Labute approximate surface area is 60.4 Å². The van der Waals surface area contributed by atoms with Crippen LogP contribution in [0.15, 0.2) is 4.99 Å². The lowest BCUT2D eigenvalue weighted by molar-refractivity contribution is 0.192. The first-order valence-corrected chi connectivity index (χ1v) is 3.39. The molecule has 4 heteroatoms. The van der Waals surface area contributed by atoms with Crippen molar-refractivity contribution in [2.45, 2.75) is 6.42 Å². The van der Waals surface area contributed by atoms with Crippen LogP contribution in [0.4, 0.5) is 0 Å². The average molecular weight is 143 g/mol. The number of hydrogen-bond acceptors (Lipinski definition) is 3. The van der Waals surface area contributed by atoms with E-state index >= 15 is 0 Å². The maximum absolute atomic E-state index is 5.23. The standard InChI is InChI=1S/C6H13N3O/c1-8-6(9-7)5-2-3-10-4-5/h5H,2-4,7H2,1H3,(H,8,9).